The minimum atomic E-state index is -0.0411. The van der Waals surface area contributed by atoms with Crippen molar-refractivity contribution in [2.45, 2.75) is 20.5 Å². The van der Waals surface area contributed by atoms with Crippen LogP contribution in [0.2, 0.25) is 5.02 Å². The minimum Gasteiger partial charge on any atom is -0.488 e. The van der Waals surface area contributed by atoms with E-state index in [2.05, 4.69) is 4.98 Å². The quantitative estimate of drug-likeness (QED) is 0.557. The summed E-state index contributed by atoms with van der Waals surface area (Å²) in [4.78, 5) is 33.5. The number of aryl methyl sites for hydroxylation is 2. The van der Waals surface area contributed by atoms with E-state index in [1.54, 1.807) is 46.5 Å². The molecule has 1 aromatic heterocycles. The topological polar surface area (TPSA) is 62.7 Å². The molecule has 4 rings (SSSR count). The molecule has 0 atom stereocenters. The smallest absolute Gasteiger partial charge is 0.253 e. The van der Waals surface area contributed by atoms with Gasteiger partial charge in [0.15, 0.2) is 0 Å². The average molecular weight is 464 g/mol. The number of benzene rings is 2. The minimum absolute atomic E-state index is 0.0291. The second-order valence-electron chi connectivity index (χ2n) is 8.18. The predicted octanol–water partition coefficient (Wildman–Crippen LogP) is 4.53. The molecule has 6 nitrogen and oxygen atoms in total. The van der Waals surface area contributed by atoms with Crippen LogP contribution in [0.3, 0.4) is 0 Å². The first kappa shape index (κ1) is 22.8. The van der Waals surface area contributed by atoms with Crippen molar-refractivity contribution in [2.24, 2.45) is 0 Å². The number of amides is 2. The van der Waals surface area contributed by atoms with E-state index in [1.165, 1.54) is 0 Å². The molecule has 0 unspecified atom stereocenters. The van der Waals surface area contributed by atoms with Crippen LogP contribution in [0.4, 0.5) is 0 Å². The van der Waals surface area contributed by atoms with Crippen LogP contribution in [0, 0.1) is 13.8 Å². The molecule has 0 aliphatic carbocycles. The standard InChI is InChI=1S/C26H26ClN3O3/c1-18-14-22(15-19(2)24(18)33-17-20-4-3-9-28-16-20)26(32)30-12-10-29(11-13-30)25(31)21-5-7-23(27)8-6-21/h3-9,14-16H,10-13,17H2,1-2H3. The molecule has 0 saturated carbocycles. The van der Waals surface area contributed by atoms with E-state index in [0.29, 0.717) is 48.9 Å². The van der Waals surface area contributed by atoms with Gasteiger partial charge in [-0.15, -0.1) is 0 Å². The number of hydrogen-bond acceptors (Lipinski definition) is 4. The summed E-state index contributed by atoms with van der Waals surface area (Å²) in [5.41, 5.74) is 4.06. The van der Waals surface area contributed by atoms with E-state index >= 15 is 0 Å². The first-order chi connectivity index (χ1) is 15.9. The van der Waals surface area contributed by atoms with Gasteiger partial charge in [0.05, 0.1) is 0 Å². The van der Waals surface area contributed by atoms with Gasteiger partial charge in [-0.3, -0.25) is 14.6 Å². The third-order valence-electron chi connectivity index (χ3n) is 5.76. The van der Waals surface area contributed by atoms with E-state index in [0.717, 1.165) is 22.4 Å². The van der Waals surface area contributed by atoms with Gasteiger partial charge in [-0.05, 0) is 67.4 Å². The number of carbonyl (C=O) groups is 2. The number of aromatic nitrogens is 1. The van der Waals surface area contributed by atoms with E-state index in [4.69, 9.17) is 16.3 Å². The van der Waals surface area contributed by atoms with Gasteiger partial charge in [-0.25, -0.2) is 0 Å². The largest absolute Gasteiger partial charge is 0.488 e. The van der Waals surface area contributed by atoms with E-state index < -0.39 is 0 Å². The summed E-state index contributed by atoms with van der Waals surface area (Å²) in [5, 5.41) is 0.598. The molecular formula is C26H26ClN3O3. The maximum atomic E-state index is 13.1. The molecule has 170 valence electrons. The maximum absolute atomic E-state index is 13.1. The summed E-state index contributed by atoms with van der Waals surface area (Å²) >= 11 is 5.91. The number of halogens is 1. The molecule has 1 fully saturated rings. The second kappa shape index (κ2) is 10.0. The zero-order valence-electron chi connectivity index (χ0n) is 18.8. The van der Waals surface area contributed by atoms with Crippen LogP contribution in [0.15, 0.2) is 60.9 Å². The molecule has 33 heavy (non-hydrogen) atoms. The van der Waals surface area contributed by atoms with Gasteiger partial charge >= 0.3 is 0 Å². The number of nitrogens with zero attached hydrogens (tertiary/aromatic N) is 3. The lowest BCUT2D eigenvalue weighted by Gasteiger charge is -2.35. The molecule has 3 aromatic rings. The van der Waals surface area contributed by atoms with Crippen LogP contribution >= 0.6 is 11.6 Å². The molecule has 0 N–H and O–H groups in total. The maximum Gasteiger partial charge on any atom is 0.253 e. The molecule has 2 amide bonds. The highest BCUT2D eigenvalue weighted by molar-refractivity contribution is 6.30. The predicted molar refractivity (Wildman–Crippen MR) is 128 cm³/mol. The molecule has 1 aliphatic rings. The number of ether oxygens (including phenoxy) is 1. The lowest BCUT2D eigenvalue weighted by molar-refractivity contribution is 0.0535. The summed E-state index contributed by atoms with van der Waals surface area (Å²) in [6.45, 7) is 6.31. The van der Waals surface area contributed by atoms with E-state index in [9.17, 15) is 9.59 Å². The van der Waals surface area contributed by atoms with Gasteiger partial charge in [-0.1, -0.05) is 17.7 Å². The van der Waals surface area contributed by atoms with Crippen LogP contribution in [0.1, 0.15) is 37.4 Å². The Kier molecular flexibility index (Phi) is 6.94. The first-order valence-electron chi connectivity index (χ1n) is 10.9. The number of rotatable bonds is 5. The number of pyridine rings is 1. The normalized spacial score (nSPS) is 13.7. The Bertz CT molecular complexity index is 1120. The first-order valence-corrected chi connectivity index (χ1v) is 11.3. The lowest BCUT2D eigenvalue weighted by atomic mass is 10.0. The van der Waals surface area contributed by atoms with Crippen molar-refractivity contribution in [1.29, 1.82) is 0 Å². The van der Waals surface area contributed by atoms with Crippen molar-refractivity contribution in [3.63, 3.8) is 0 Å². The summed E-state index contributed by atoms with van der Waals surface area (Å²) in [6, 6.07) is 14.5. The molecule has 2 aromatic carbocycles. The van der Waals surface area contributed by atoms with Crippen LogP contribution in [-0.2, 0) is 6.61 Å². The molecule has 2 heterocycles. The summed E-state index contributed by atoms with van der Waals surface area (Å²) in [6.07, 6.45) is 3.51. The van der Waals surface area contributed by atoms with Crippen molar-refractivity contribution in [2.75, 3.05) is 26.2 Å². The number of hydrogen-bond donors (Lipinski definition) is 0. The van der Waals surface area contributed by atoms with Gasteiger partial charge in [0.25, 0.3) is 11.8 Å². The SMILES string of the molecule is Cc1cc(C(=O)N2CCN(C(=O)c3ccc(Cl)cc3)CC2)cc(C)c1OCc1cccnc1. The van der Waals surface area contributed by atoms with E-state index in [1.807, 2.05) is 38.1 Å². The van der Waals surface area contributed by atoms with Gasteiger partial charge < -0.3 is 14.5 Å². The van der Waals surface area contributed by atoms with Crippen LogP contribution in [0.5, 0.6) is 5.75 Å². The van der Waals surface area contributed by atoms with Crippen molar-refractivity contribution >= 4 is 23.4 Å². The summed E-state index contributed by atoms with van der Waals surface area (Å²) in [5.74, 6) is 0.716. The van der Waals surface area contributed by atoms with Gasteiger partial charge in [0.2, 0.25) is 0 Å². The second-order valence-corrected chi connectivity index (χ2v) is 8.62. The summed E-state index contributed by atoms with van der Waals surface area (Å²) in [7, 11) is 0. The highest BCUT2D eigenvalue weighted by Crippen LogP contribution is 2.27. The van der Waals surface area contributed by atoms with Gasteiger partial charge in [0, 0.05) is 60.3 Å². The monoisotopic (exact) mass is 463 g/mol. The molecule has 1 saturated heterocycles. The Morgan fingerprint density at radius 3 is 2.03 bits per heavy atom. The summed E-state index contributed by atoms with van der Waals surface area (Å²) < 4.78 is 6.01. The zero-order chi connectivity index (χ0) is 23.4. The molecule has 1 aliphatic heterocycles. The Balaban J connectivity index is 1.38. The molecular weight excluding hydrogens is 438 g/mol. The third-order valence-corrected chi connectivity index (χ3v) is 6.01. The van der Waals surface area contributed by atoms with Crippen LogP contribution < -0.4 is 4.74 Å². The van der Waals surface area contributed by atoms with E-state index in [-0.39, 0.29) is 11.8 Å². The zero-order valence-corrected chi connectivity index (χ0v) is 19.5. The lowest BCUT2D eigenvalue weighted by Crippen LogP contribution is -2.50. The van der Waals surface area contributed by atoms with Crippen molar-refractivity contribution < 1.29 is 14.3 Å². The molecule has 0 spiro atoms. The van der Waals surface area contributed by atoms with Crippen molar-refractivity contribution in [3.05, 3.63) is 93.8 Å². The highest BCUT2D eigenvalue weighted by atomic mass is 35.5. The Labute approximate surface area is 198 Å². The number of piperazine rings is 1. The fourth-order valence-corrected chi connectivity index (χ4v) is 4.14. The van der Waals surface area contributed by atoms with Gasteiger partial charge in [0.1, 0.15) is 12.4 Å². The highest BCUT2D eigenvalue weighted by Gasteiger charge is 2.26. The fourth-order valence-electron chi connectivity index (χ4n) is 4.01. The third kappa shape index (κ3) is 5.34. The fraction of sp³-hybridized carbons (Fsp3) is 0.269. The molecule has 0 bridgehead atoms. The average Bonchev–Trinajstić information content (AvgIpc) is 2.84. The van der Waals surface area contributed by atoms with Gasteiger partial charge in [-0.2, -0.15) is 0 Å². The Morgan fingerprint density at radius 2 is 1.48 bits per heavy atom. The van der Waals surface area contributed by atoms with Crippen LogP contribution in [-0.4, -0.2) is 52.8 Å². The van der Waals surface area contributed by atoms with Crippen molar-refractivity contribution in [3.8, 4) is 5.75 Å². The van der Waals surface area contributed by atoms with Crippen LogP contribution in [0.25, 0.3) is 0 Å². The molecule has 7 heteroatoms. The van der Waals surface area contributed by atoms with Crippen molar-refractivity contribution in [1.82, 2.24) is 14.8 Å². The number of carbonyl (C=O) groups excluding carboxylic acids is 2. The molecule has 0 radical (unpaired) electrons. The Hall–Kier alpha value is -3.38. The Morgan fingerprint density at radius 1 is 0.909 bits per heavy atom.